The Balaban J connectivity index is 1.55. The largest absolute Gasteiger partial charge is 0.488 e. The third-order valence-electron chi connectivity index (χ3n) is 6.19. The topological polar surface area (TPSA) is 79.0 Å². The van der Waals surface area contributed by atoms with Crippen LogP contribution in [0.4, 0.5) is 20.6 Å². The molecule has 3 aromatic carbocycles. The fourth-order valence-corrected chi connectivity index (χ4v) is 5.52. The molecular weight excluding hydrogens is 612 g/mol. The molecule has 1 N–H and O–H groups in total. The Bertz CT molecular complexity index is 1530. The summed E-state index contributed by atoms with van der Waals surface area (Å²) >= 11 is 18.8. The van der Waals surface area contributed by atoms with E-state index < -0.39 is 29.4 Å². The predicted molar refractivity (Wildman–Crippen MR) is 164 cm³/mol. The zero-order valence-corrected chi connectivity index (χ0v) is 25.1. The van der Waals surface area contributed by atoms with Gasteiger partial charge in [-0.05, 0) is 74.1 Å². The Labute approximate surface area is 256 Å². The van der Waals surface area contributed by atoms with Gasteiger partial charge in [0.2, 0.25) is 5.91 Å². The van der Waals surface area contributed by atoms with Crippen LogP contribution in [0, 0.1) is 5.82 Å². The SMILES string of the molecule is CCN(CC)c1ccc(/C=C2/SC(=O)N(CC(=O)Nc3ccc(F)c(Cl)c3)C2=O)c(OCc2ccc(Cl)cc2Cl)c1. The van der Waals surface area contributed by atoms with Gasteiger partial charge in [0.05, 0.1) is 9.93 Å². The second-order valence-corrected chi connectivity index (χ2v) is 11.1. The van der Waals surface area contributed by atoms with Gasteiger partial charge in [0.15, 0.2) is 0 Å². The fourth-order valence-electron chi connectivity index (χ4n) is 4.04. The molecular formula is C29H25Cl3FN3O4S. The van der Waals surface area contributed by atoms with Crippen LogP contribution < -0.4 is 15.0 Å². The first kappa shape index (κ1) is 30.7. The van der Waals surface area contributed by atoms with Crippen LogP contribution in [0.15, 0.2) is 59.5 Å². The van der Waals surface area contributed by atoms with Crippen molar-refractivity contribution >= 4 is 81.1 Å². The number of halogens is 4. The minimum atomic E-state index is -0.635. The van der Waals surface area contributed by atoms with E-state index in [1.54, 1.807) is 24.3 Å². The van der Waals surface area contributed by atoms with Crippen LogP contribution >= 0.6 is 46.6 Å². The smallest absolute Gasteiger partial charge is 0.294 e. The Hall–Kier alpha value is -3.24. The third-order valence-corrected chi connectivity index (χ3v) is 7.97. The van der Waals surface area contributed by atoms with Crippen molar-refractivity contribution in [3.8, 4) is 5.75 Å². The molecule has 0 saturated carbocycles. The summed E-state index contributed by atoms with van der Waals surface area (Å²) in [7, 11) is 0. The number of anilines is 2. The van der Waals surface area contributed by atoms with Crippen molar-refractivity contribution in [1.82, 2.24) is 4.90 Å². The molecule has 0 aromatic heterocycles. The maximum Gasteiger partial charge on any atom is 0.294 e. The average Bonchev–Trinajstić information content (AvgIpc) is 3.19. The minimum Gasteiger partial charge on any atom is -0.488 e. The van der Waals surface area contributed by atoms with Crippen molar-refractivity contribution in [3.05, 3.63) is 91.5 Å². The second-order valence-electron chi connectivity index (χ2n) is 8.86. The van der Waals surface area contributed by atoms with Crippen LogP contribution in [0.5, 0.6) is 5.75 Å². The highest BCUT2D eigenvalue weighted by Gasteiger charge is 2.36. The molecule has 1 saturated heterocycles. The van der Waals surface area contributed by atoms with Crippen LogP contribution in [0.3, 0.4) is 0 Å². The van der Waals surface area contributed by atoms with Crippen molar-refractivity contribution in [2.24, 2.45) is 0 Å². The highest BCUT2D eigenvalue weighted by molar-refractivity contribution is 8.18. The fraction of sp³-hybridized carbons (Fsp3) is 0.207. The Morgan fingerprint density at radius 1 is 1.02 bits per heavy atom. The van der Waals surface area contributed by atoms with E-state index in [-0.39, 0.29) is 22.2 Å². The van der Waals surface area contributed by atoms with E-state index in [1.807, 2.05) is 32.0 Å². The molecule has 0 atom stereocenters. The molecule has 1 fully saturated rings. The molecule has 1 heterocycles. The summed E-state index contributed by atoms with van der Waals surface area (Å²) in [4.78, 5) is 41.5. The van der Waals surface area contributed by atoms with Crippen LogP contribution in [-0.4, -0.2) is 41.6 Å². The number of carbonyl (C=O) groups is 3. The van der Waals surface area contributed by atoms with Gasteiger partial charge < -0.3 is 15.0 Å². The molecule has 4 rings (SSSR count). The molecule has 12 heteroatoms. The van der Waals surface area contributed by atoms with E-state index in [1.165, 1.54) is 12.1 Å². The number of nitrogens with zero attached hydrogens (tertiary/aromatic N) is 2. The number of nitrogens with one attached hydrogen (secondary N) is 1. The lowest BCUT2D eigenvalue weighted by molar-refractivity contribution is -0.127. The first-order valence-corrected chi connectivity index (χ1v) is 14.5. The van der Waals surface area contributed by atoms with E-state index in [0.717, 1.165) is 47.1 Å². The molecule has 0 bridgehead atoms. The molecule has 0 spiro atoms. The lowest BCUT2D eigenvalue weighted by atomic mass is 10.1. The normalized spacial score (nSPS) is 14.1. The second kappa shape index (κ2) is 13.6. The van der Waals surface area contributed by atoms with Crippen molar-refractivity contribution in [2.75, 3.05) is 29.9 Å². The molecule has 0 unspecified atom stereocenters. The number of rotatable bonds is 10. The summed E-state index contributed by atoms with van der Waals surface area (Å²) in [6.07, 6.45) is 1.56. The van der Waals surface area contributed by atoms with Crippen LogP contribution in [0.1, 0.15) is 25.0 Å². The maximum absolute atomic E-state index is 13.4. The van der Waals surface area contributed by atoms with Gasteiger partial charge in [-0.25, -0.2) is 4.39 Å². The number of hydrogen-bond acceptors (Lipinski definition) is 6. The van der Waals surface area contributed by atoms with Gasteiger partial charge >= 0.3 is 0 Å². The van der Waals surface area contributed by atoms with Gasteiger partial charge in [-0.1, -0.05) is 40.9 Å². The van der Waals surface area contributed by atoms with Crippen molar-refractivity contribution in [2.45, 2.75) is 20.5 Å². The molecule has 3 amide bonds. The summed E-state index contributed by atoms with van der Waals surface area (Å²) in [5, 5.41) is 2.72. The first-order valence-electron chi connectivity index (χ1n) is 12.6. The molecule has 214 valence electrons. The van der Waals surface area contributed by atoms with Gasteiger partial charge in [-0.3, -0.25) is 19.3 Å². The summed E-state index contributed by atoms with van der Waals surface area (Å²) in [6.45, 7) is 5.28. The molecule has 7 nitrogen and oxygen atoms in total. The van der Waals surface area contributed by atoms with E-state index in [9.17, 15) is 18.8 Å². The van der Waals surface area contributed by atoms with E-state index in [0.29, 0.717) is 21.4 Å². The zero-order chi connectivity index (χ0) is 29.7. The Morgan fingerprint density at radius 3 is 2.46 bits per heavy atom. The van der Waals surface area contributed by atoms with Crippen molar-refractivity contribution in [3.63, 3.8) is 0 Å². The monoisotopic (exact) mass is 635 g/mol. The molecule has 1 aliphatic rings. The number of benzene rings is 3. The number of ether oxygens (including phenoxy) is 1. The van der Waals surface area contributed by atoms with E-state index in [4.69, 9.17) is 39.5 Å². The highest BCUT2D eigenvalue weighted by atomic mass is 35.5. The average molecular weight is 637 g/mol. The first-order chi connectivity index (χ1) is 19.6. The third kappa shape index (κ3) is 7.54. The van der Waals surface area contributed by atoms with E-state index in [2.05, 4.69) is 10.2 Å². The Morgan fingerprint density at radius 2 is 1.78 bits per heavy atom. The number of imide groups is 1. The number of carbonyl (C=O) groups excluding carboxylic acids is 3. The van der Waals surface area contributed by atoms with Crippen LogP contribution in [0.25, 0.3) is 6.08 Å². The van der Waals surface area contributed by atoms with Gasteiger partial charge in [0.1, 0.15) is 24.7 Å². The maximum atomic E-state index is 13.4. The number of thioether (sulfide) groups is 1. The van der Waals surface area contributed by atoms with E-state index >= 15 is 0 Å². The van der Waals surface area contributed by atoms with Gasteiger partial charge in [-0.15, -0.1) is 0 Å². The van der Waals surface area contributed by atoms with Crippen molar-refractivity contribution < 1.29 is 23.5 Å². The van der Waals surface area contributed by atoms with Crippen LogP contribution in [0.2, 0.25) is 15.1 Å². The summed E-state index contributed by atoms with van der Waals surface area (Å²) < 4.78 is 19.6. The molecule has 1 aliphatic heterocycles. The molecule has 3 aromatic rings. The van der Waals surface area contributed by atoms with Crippen LogP contribution in [-0.2, 0) is 16.2 Å². The Kier molecular flexibility index (Phi) is 10.2. The molecule has 41 heavy (non-hydrogen) atoms. The summed E-state index contributed by atoms with van der Waals surface area (Å²) in [6, 6.07) is 14.4. The molecule has 0 radical (unpaired) electrons. The number of hydrogen-bond donors (Lipinski definition) is 1. The van der Waals surface area contributed by atoms with Gasteiger partial charge in [-0.2, -0.15) is 0 Å². The summed E-state index contributed by atoms with van der Waals surface area (Å²) in [5.41, 5.74) is 2.46. The molecule has 0 aliphatic carbocycles. The minimum absolute atomic E-state index is 0.137. The lowest BCUT2D eigenvalue weighted by Crippen LogP contribution is -2.36. The summed E-state index contributed by atoms with van der Waals surface area (Å²) in [5.74, 6) is -1.40. The lowest BCUT2D eigenvalue weighted by Gasteiger charge is -2.22. The zero-order valence-electron chi connectivity index (χ0n) is 22.0. The van der Waals surface area contributed by atoms with Gasteiger partial charge in [0.25, 0.3) is 11.1 Å². The van der Waals surface area contributed by atoms with Crippen molar-refractivity contribution in [1.29, 1.82) is 0 Å². The standard InChI is InChI=1S/C29H25Cl3FN3O4S/c1-3-35(4-2)21-9-6-17(25(14-21)40-16-18-5-7-19(30)12-22(18)31)11-26-28(38)36(29(39)41-26)15-27(37)34-20-8-10-24(33)23(32)13-20/h5-14H,3-4,15-16H2,1-2H3,(H,34,37)/b26-11+. The predicted octanol–water partition coefficient (Wildman–Crippen LogP) is 7.89. The quantitative estimate of drug-likeness (QED) is 0.228. The van der Waals surface area contributed by atoms with Gasteiger partial charge in [0, 0.05) is 51.7 Å². The number of amides is 3. The highest BCUT2D eigenvalue weighted by Crippen LogP contribution is 2.36.